The molecule has 1 fully saturated rings. The first kappa shape index (κ1) is 22.2. The van der Waals surface area contributed by atoms with Crippen LogP contribution in [0.15, 0.2) is 12.1 Å². The molecular weight excluding hydrogens is 371 g/mol. The zero-order valence-corrected chi connectivity index (χ0v) is 16.7. The summed E-state index contributed by atoms with van der Waals surface area (Å²) in [6, 6.07) is 1.33. The molecule has 28 heavy (non-hydrogen) atoms. The first-order valence-electron chi connectivity index (χ1n) is 9.67. The number of likely N-dealkylation sites (N-methyl/N-ethyl adjacent to an activating group) is 1. The average molecular weight is 400 g/mol. The van der Waals surface area contributed by atoms with Gasteiger partial charge in [0.05, 0.1) is 12.7 Å². The van der Waals surface area contributed by atoms with E-state index in [-0.39, 0.29) is 18.5 Å². The maximum atomic E-state index is 13.7. The Balaban J connectivity index is 1.90. The van der Waals surface area contributed by atoms with E-state index in [2.05, 4.69) is 24.5 Å². The fraction of sp³-hybridized carbons (Fsp3) is 0.600. The molecule has 1 aromatic rings. The van der Waals surface area contributed by atoms with E-state index < -0.39 is 35.1 Å². The van der Waals surface area contributed by atoms with E-state index in [4.69, 9.17) is 0 Å². The predicted molar refractivity (Wildman–Crippen MR) is 100 cm³/mol. The van der Waals surface area contributed by atoms with Gasteiger partial charge in [0.2, 0.25) is 0 Å². The van der Waals surface area contributed by atoms with E-state index in [9.17, 15) is 22.8 Å². The predicted octanol–water partition coefficient (Wildman–Crippen LogP) is 1.89. The molecule has 1 aliphatic rings. The fourth-order valence-electron chi connectivity index (χ4n) is 3.54. The van der Waals surface area contributed by atoms with Crippen molar-refractivity contribution in [3.8, 4) is 0 Å². The molecule has 0 saturated heterocycles. The molecule has 0 bridgehead atoms. The Morgan fingerprint density at radius 2 is 1.86 bits per heavy atom. The highest BCUT2D eigenvalue weighted by atomic mass is 19.2. The summed E-state index contributed by atoms with van der Waals surface area (Å²) >= 11 is 0. The zero-order chi connectivity index (χ0) is 21.0. The number of benzene rings is 1. The summed E-state index contributed by atoms with van der Waals surface area (Å²) in [7, 11) is 1.68. The molecule has 2 rings (SSSR count). The summed E-state index contributed by atoms with van der Waals surface area (Å²) < 4.78 is 39.9. The van der Waals surface area contributed by atoms with E-state index >= 15 is 0 Å². The summed E-state index contributed by atoms with van der Waals surface area (Å²) in [4.78, 5) is 25.3. The number of rotatable bonds is 6. The molecule has 1 aliphatic carbocycles. The van der Waals surface area contributed by atoms with Crippen LogP contribution in [0.4, 0.5) is 18.9 Å². The van der Waals surface area contributed by atoms with Crippen LogP contribution < -0.4 is 15.5 Å². The molecule has 0 spiro atoms. The highest BCUT2D eigenvalue weighted by molar-refractivity contribution is 5.91. The Bertz CT molecular complexity index is 729. The molecule has 0 heterocycles. The van der Waals surface area contributed by atoms with Crippen molar-refractivity contribution in [2.24, 2.45) is 11.8 Å². The van der Waals surface area contributed by atoms with Gasteiger partial charge in [0.15, 0.2) is 30.0 Å². The Morgan fingerprint density at radius 1 is 1.18 bits per heavy atom. The van der Waals surface area contributed by atoms with Crippen molar-refractivity contribution in [3.05, 3.63) is 29.6 Å². The quantitative estimate of drug-likeness (QED) is 0.639. The van der Waals surface area contributed by atoms with Crippen molar-refractivity contribution in [3.63, 3.8) is 0 Å². The molecule has 1 unspecified atom stereocenters. The van der Waals surface area contributed by atoms with Gasteiger partial charge in [-0.25, -0.2) is 13.2 Å². The van der Waals surface area contributed by atoms with E-state index in [1.165, 1.54) is 0 Å². The average Bonchev–Trinajstić information content (AvgIpc) is 2.65. The number of carbonyl (C=O) groups excluding carboxylic acids is 2. The van der Waals surface area contributed by atoms with Gasteiger partial charge < -0.3 is 15.5 Å². The molecule has 8 heteroatoms. The molecule has 5 atom stereocenters. The van der Waals surface area contributed by atoms with Gasteiger partial charge in [-0.05, 0) is 37.3 Å². The number of anilines is 1. The Labute approximate surface area is 163 Å². The van der Waals surface area contributed by atoms with Gasteiger partial charge in [-0.2, -0.15) is 0 Å². The minimum atomic E-state index is -1.64. The molecule has 1 aromatic carbocycles. The minimum Gasteiger partial charge on any atom is -0.348 e. The van der Waals surface area contributed by atoms with Crippen molar-refractivity contribution in [1.29, 1.82) is 0 Å². The lowest BCUT2D eigenvalue weighted by molar-refractivity contribution is -0.885. The van der Waals surface area contributed by atoms with E-state index in [1.807, 2.05) is 0 Å². The monoisotopic (exact) mass is 400 g/mol. The number of halogens is 3. The third-order valence-corrected chi connectivity index (χ3v) is 5.92. The van der Waals surface area contributed by atoms with Crippen LogP contribution in [0.5, 0.6) is 0 Å². The SMILES string of the molecule is C[C@@H]1[C@H](C)CCC[C@@H]1NC(=O)[C@@H](C)[NH+](C)CC(=O)Nc1ccc(F)c(F)c1F. The van der Waals surface area contributed by atoms with Crippen LogP contribution in [0.25, 0.3) is 0 Å². The number of hydrogen-bond donors (Lipinski definition) is 3. The van der Waals surface area contributed by atoms with Gasteiger partial charge in [0.25, 0.3) is 11.8 Å². The van der Waals surface area contributed by atoms with Crippen LogP contribution in [-0.2, 0) is 9.59 Å². The number of carbonyl (C=O) groups is 2. The molecular formula is C20H29F3N3O2+. The number of nitrogens with one attached hydrogen (secondary N) is 3. The van der Waals surface area contributed by atoms with Gasteiger partial charge in [-0.15, -0.1) is 0 Å². The maximum Gasteiger partial charge on any atom is 0.279 e. The standard InChI is InChI=1S/C20H28F3N3O2/c1-11-6-5-7-15(12(11)2)25-20(28)13(3)26(4)10-17(27)24-16-9-8-14(21)18(22)19(16)23/h8-9,11-13,15H,5-7,10H2,1-4H3,(H,24,27)(H,25,28)/p+1/t11-,12-,13-,15+/m1/s1. The van der Waals surface area contributed by atoms with Crippen molar-refractivity contribution < 1.29 is 27.7 Å². The third kappa shape index (κ3) is 5.25. The first-order valence-corrected chi connectivity index (χ1v) is 9.67. The molecule has 2 amide bonds. The van der Waals surface area contributed by atoms with Crippen molar-refractivity contribution in [2.45, 2.75) is 52.1 Å². The van der Waals surface area contributed by atoms with Crippen LogP contribution in [0.2, 0.25) is 0 Å². The van der Waals surface area contributed by atoms with E-state index in [0.29, 0.717) is 16.7 Å². The van der Waals surface area contributed by atoms with Gasteiger partial charge in [-0.3, -0.25) is 9.59 Å². The summed E-state index contributed by atoms with van der Waals surface area (Å²) in [6.45, 7) is 5.92. The lowest BCUT2D eigenvalue weighted by Gasteiger charge is -2.35. The molecule has 1 saturated carbocycles. The Kier molecular flexibility index (Phi) is 7.46. The van der Waals surface area contributed by atoms with Crippen molar-refractivity contribution in [2.75, 3.05) is 18.9 Å². The summed E-state index contributed by atoms with van der Waals surface area (Å²) in [5.41, 5.74) is -0.432. The van der Waals surface area contributed by atoms with Crippen LogP contribution in [0.1, 0.15) is 40.0 Å². The highest BCUT2D eigenvalue weighted by Gasteiger charge is 2.31. The normalized spacial score (nSPS) is 24.3. The molecule has 0 radical (unpaired) electrons. The molecule has 156 valence electrons. The lowest BCUT2D eigenvalue weighted by Crippen LogP contribution is -3.15. The smallest absolute Gasteiger partial charge is 0.279 e. The molecule has 0 aromatic heterocycles. The Hall–Kier alpha value is -2.09. The van der Waals surface area contributed by atoms with Gasteiger partial charge in [0, 0.05) is 6.04 Å². The third-order valence-electron chi connectivity index (χ3n) is 5.92. The van der Waals surface area contributed by atoms with Gasteiger partial charge >= 0.3 is 0 Å². The molecule has 0 aliphatic heterocycles. The number of quaternary nitrogens is 1. The summed E-state index contributed by atoms with van der Waals surface area (Å²) in [5, 5.41) is 5.31. The minimum absolute atomic E-state index is 0.121. The molecule has 3 N–H and O–H groups in total. The second-order valence-electron chi connectivity index (χ2n) is 7.90. The molecule has 5 nitrogen and oxygen atoms in total. The van der Waals surface area contributed by atoms with E-state index in [1.54, 1.807) is 14.0 Å². The number of hydrogen-bond acceptors (Lipinski definition) is 2. The lowest BCUT2D eigenvalue weighted by atomic mass is 9.78. The second-order valence-corrected chi connectivity index (χ2v) is 7.90. The van der Waals surface area contributed by atoms with Crippen molar-refractivity contribution >= 4 is 17.5 Å². The van der Waals surface area contributed by atoms with Crippen LogP contribution in [0, 0.1) is 29.3 Å². The fourth-order valence-corrected chi connectivity index (χ4v) is 3.54. The van der Waals surface area contributed by atoms with Gasteiger partial charge in [-0.1, -0.05) is 26.7 Å². The van der Waals surface area contributed by atoms with Gasteiger partial charge in [0.1, 0.15) is 0 Å². The van der Waals surface area contributed by atoms with Crippen LogP contribution in [-0.4, -0.2) is 37.5 Å². The largest absolute Gasteiger partial charge is 0.348 e. The number of amides is 2. The second kappa shape index (κ2) is 9.41. The zero-order valence-electron chi connectivity index (χ0n) is 16.7. The topological polar surface area (TPSA) is 62.6 Å². The first-order chi connectivity index (χ1) is 13.1. The van der Waals surface area contributed by atoms with E-state index in [0.717, 1.165) is 31.4 Å². The highest BCUT2D eigenvalue weighted by Crippen LogP contribution is 2.29. The summed E-state index contributed by atoms with van der Waals surface area (Å²) in [6.07, 6.45) is 3.18. The van der Waals surface area contributed by atoms with Crippen molar-refractivity contribution in [1.82, 2.24) is 5.32 Å². The Morgan fingerprint density at radius 3 is 2.54 bits per heavy atom. The maximum absolute atomic E-state index is 13.7. The summed E-state index contributed by atoms with van der Waals surface area (Å²) in [5.74, 6) is -4.20. The van der Waals surface area contributed by atoms with Crippen LogP contribution >= 0.6 is 0 Å². The van der Waals surface area contributed by atoms with Crippen LogP contribution in [0.3, 0.4) is 0 Å².